The number of rotatable bonds is 0. The van der Waals surface area contributed by atoms with Gasteiger partial charge in [-0.25, -0.2) is 0 Å². The van der Waals surface area contributed by atoms with E-state index < -0.39 is 0 Å². The quantitative estimate of drug-likeness (QED) is 0.292. The Kier molecular flexibility index (Phi) is 3.18. The molecule has 0 rings (SSSR count). The van der Waals surface area contributed by atoms with Crippen molar-refractivity contribution in [2.24, 2.45) is 0 Å². The molecule has 0 fully saturated rings. The molecule has 0 radical (unpaired) electrons. The summed E-state index contributed by atoms with van der Waals surface area (Å²) in [6.07, 6.45) is 4.82. The van der Waals surface area contributed by atoms with Gasteiger partial charge in [0.2, 0.25) is 0 Å². The van der Waals surface area contributed by atoms with E-state index in [4.69, 9.17) is 6.42 Å². The first-order valence-corrected chi connectivity index (χ1v) is 4.32. The summed E-state index contributed by atoms with van der Waals surface area (Å²) in [4.78, 5) is 0. The first kappa shape index (κ1) is 4.10. The van der Waals surface area contributed by atoms with Crippen LogP contribution >= 0.6 is 0 Å². The zero-order valence-corrected chi connectivity index (χ0v) is 6.98. The van der Waals surface area contributed by atoms with Crippen LogP contribution in [0.15, 0.2) is 0 Å². The van der Waals surface area contributed by atoms with Crippen molar-refractivity contribution >= 4 is 16.5 Å². The summed E-state index contributed by atoms with van der Waals surface area (Å²) in [6.45, 7) is 0. The first-order valence-electron chi connectivity index (χ1n) is 1.35. The Morgan fingerprint density at radius 1 is 2.00 bits per heavy atom. The van der Waals surface area contributed by atoms with E-state index in [2.05, 4.69) is 5.92 Å². The van der Waals surface area contributed by atoms with Gasteiger partial charge in [0.05, 0.1) is 0 Å². The molecule has 0 unspecified atom stereocenters. The van der Waals surface area contributed by atoms with Crippen molar-refractivity contribution < 1.29 is 0 Å². The third kappa shape index (κ3) is 2.10. The first-order chi connectivity index (χ1) is 1.91. The van der Waals surface area contributed by atoms with Gasteiger partial charge < -0.3 is 0 Å². The molecule has 0 nitrogen and oxygen atoms in total. The van der Waals surface area contributed by atoms with E-state index in [1.165, 1.54) is 0 Å². The molecule has 0 aromatic rings. The second kappa shape index (κ2) is 3.10. The molecule has 0 aliphatic heterocycles. The van der Waals surface area contributed by atoms with Crippen molar-refractivity contribution in [2.45, 2.75) is 5.25 Å². The summed E-state index contributed by atoms with van der Waals surface area (Å²) in [5.41, 5.74) is 0. The van der Waals surface area contributed by atoms with Gasteiger partial charge in [-0.1, -0.05) is 0 Å². The summed E-state index contributed by atoms with van der Waals surface area (Å²) in [7, 11) is 0. The van der Waals surface area contributed by atoms with Gasteiger partial charge in [0.15, 0.2) is 0 Å². The zero-order chi connectivity index (χ0) is 3.41. The molecule has 0 bridgehead atoms. The summed E-state index contributed by atoms with van der Waals surface area (Å²) in [5, 5.41) is 1.03. The Morgan fingerprint density at radius 2 is 2.25 bits per heavy atom. The molecule has 0 aromatic heterocycles. The molecule has 4 heavy (non-hydrogen) atoms. The van der Waals surface area contributed by atoms with E-state index in [1.807, 2.05) is 0 Å². The molecule has 0 atom stereocenters. The Bertz CT molecular complexity index is 33.0. The van der Waals surface area contributed by atoms with Crippen LogP contribution in [0.25, 0.3) is 0 Å². The molecule has 0 spiro atoms. The minimum atomic E-state index is 0.877. The van der Waals surface area contributed by atoms with Crippen molar-refractivity contribution in [1.29, 1.82) is 0 Å². The van der Waals surface area contributed by atoms with Gasteiger partial charge in [-0.3, -0.25) is 0 Å². The van der Waals surface area contributed by atoms with Crippen molar-refractivity contribution in [3.63, 3.8) is 0 Å². The monoisotopic (exact) mass is 116 g/mol. The van der Waals surface area contributed by atoms with Crippen LogP contribution in [0.3, 0.4) is 0 Å². The van der Waals surface area contributed by atoms with Gasteiger partial charge in [0.25, 0.3) is 0 Å². The molecule has 0 saturated heterocycles. The van der Waals surface area contributed by atoms with Crippen LogP contribution in [0.5, 0.6) is 0 Å². The fourth-order valence-corrected chi connectivity index (χ4v) is 0. The van der Waals surface area contributed by atoms with Crippen LogP contribution in [0.4, 0.5) is 0 Å². The Hall–Kier alpha value is 0.103. The normalized spacial score (nSPS) is 5.75. The van der Waals surface area contributed by atoms with Crippen LogP contribution in [-0.2, 0) is 0 Å². The summed E-state index contributed by atoms with van der Waals surface area (Å²) in [5.74, 6) is 2.51. The van der Waals surface area contributed by atoms with Crippen LogP contribution in [0.2, 0.25) is 5.25 Å². The molecule has 1 heteroatoms. The van der Waals surface area contributed by atoms with Gasteiger partial charge in [-0.2, -0.15) is 0 Å². The molecule has 0 amide bonds. The summed E-state index contributed by atoms with van der Waals surface area (Å²) >= 11 is 0.877. The third-order valence-corrected chi connectivity index (χ3v) is 1.06. The van der Waals surface area contributed by atoms with Gasteiger partial charge in [-0.05, 0) is 0 Å². The van der Waals surface area contributed by atoms with Crippen LogP contribution in [0, 0.1) is 12.3 Å². The summed E-state index contributed by atoms with van der Waals surface area (Å²) < 4.78 is 0. The van der Waals surface area contributed by atoms with Crippen LogP contribution < -0.4 is 0 Å². The number of terminal acetylenes is 1. The molecule has 0 aliphatic rings. The third-order valence-electron chi connectivity index (χ3n) is 0.204. The predicted octanol–water partition coefficient (Wildman–Crippen LogP) is -0.597. The van der Waals surface area contributed by atoms with Gasteiger partial charge >= 0.3 is 34.1 Å². The molecule has 22 valence electrons. The SMILES string of the molecule is C#C[CH2][GeH3]. The van der Waals surface area contributed by atoms with Gasteiger partial charge in [0.1, 0.15) is 0 Å². The Balaban J connectivity index is 2.43. The van der Waals surface area contributed by atoms with Gasteiger partial charge in [0, 0.05) is 0 Å². The summed E-state index contributed by atoms with van der Waals surface area (Å²) in [6, 6.07) is 0. The van der Waals surface area contributed by atoms with E-state index in [9.17, 15) is 0 Å². The minimum absolute atomic E-state index is 0.877. The van der Waals surface area contributed by atoms with Crippen molar-refractivity contribution in [2.75, 3.05) is 0 Å². The topological polar surface area (TPSA) is 0 Å². The Morgan fingerprint density at radius 3 is 2.25 bits per heavy atom. The number of hydrogen-bond donors (Lipinski definition) is 0. The van der Waals surface area contributed by atoms with Crippen molar-refractivity contribution in [3.05, 3.63) is 0 Å². The van der Waals surface area contributed by atoms with E-state index >= 15 is 0 Å². The Labute approximate surface area is 34.8 Å². The van der Waals surface area contributed by atoms with E-state index in [-0.39, 0.29) is 0 Å². The molecular formula is C3H6Ge. The molecular weight excluding hydrogens is 109 g/mol. The van der Waals surface area contributed by atoms with E-state index in [0.29, 0.717) is 0 Å². The second-order valence-corrected chi connectivity index (χ2v) is 2.04. The predicted molar refractivity (Wildman–Crippen MR) is 23.6 cm³/mol. The van der Waals surface area contributed by atoms with Crippen molar-refractivity contribution in [1.82, 2.24) is 0 Å². The fraction of sp³-hybridized carbons (Fsp3) is 0.333. The van der Waals surface area contributed by atoms with Gasteiger partial charge in [-0.15, -0.1) is 0 Å². The fourth-order valence-electron chi connectivity index (χ4n) is 0. The van der Waals surface area contributed by atoms with Crippen LogP contribution in [-0.4, -0.2) is 16.5 Å². The van der Waals surface area contributed by atoms with E-state index in [0.717, 1.165) is 21.8 Å². The average Bonchev–Trinajstić information content (AvgIpc) is 1.37. The average molecular weight is 115 g/mol. The zero-order valence-electron chi connectivity index (χ0n) is 2.78. The number of hydrogen-bond acceptors (Lipinski definition) is 0. The maximum absolute atomic E-state index is 4.82. The molecule has 0 aromatic carbocycles. The second-order valence-electron chi connectivity index (χ2n) is 0.558. The molecule has 0 aliphatic carbocycles. The van der Waals surface area contributed by atoms with Crippen molar-refractivity contribution in [3.8, 4) is 12.3 Å². The van der Waals surface area contributed by atoms with Crippen LogP contribution in [0.1, 0.15) is 0 Å². The molecule has 0 heterocycles. The molecule has 0 N–H and O–H groups in total. The standard InChI is InChI=1S/C3H6Ge/c1-2-3-4/h1H,3H2,4H3. The maximum atomic E-state index is 4.82. The van der Waals surface area contributed by atoms with E-state index in [1.54, 1.807) is 0 Å². The molecule has 0 saturated carbocycles.